The zero-order valence-corrected chi connectivity index (χ0v) is 14.2. The van der Waals surface area contributed by atoms with Gasteiger partial charge in [-0.3, -0.25) is 0 Å². The predicted octanol–water partition coefficient (Wildman–Crippen LogP) is 6.16. The maximum atomic E-state index is 10.2. The average molecular weight is 314 g/mol. The van der Waals surface area contributed by atoms with Crippen LogP contribution in [0.2, 0.25) is 0 Å². The second-order valence-corrected chi connectivity index (χ2v) is 5.22. The highest BCUT2D eigenvalue weighted by Crippen LogP contribution is 2.07. The molecule has 126 valence electrons. The SMILES string of the molecule is CCCCCCCC/C=C/C=C/C=C/C=C/C=C/C=C/C(=O)O. The minimum absolute atomic E-state index is 0.937. The molecule has 2 nitrogen and oxygen atoms in total. The third-order valence-corrected chi connectivity index (χ3v) is 3.10. The van der Waals surface area contributed by atoms with E-state index in [1.165, 1.54) is 44.6 Å². The van der Waals surface area contributed by atoms with Gasteiger partial charge in [0.1, 0.15) is 0 Å². The van der Waals surface area contributed by atoms with Crippen LogP contribution >= 0.6 is 0 Å². The third kappa shape index (κ3) is 19.9. The summed E-state index contributed by atoms with van der Waals surface area (Å²) in [6.45, 7) is 2.25. The van der Waals surface area contributed by atoms with Crippen molar-refractivity contribution < 1.29 is 9.90 Å². The van der Waals surface area contributed by atoms with Gasteiger partial charge in [-0.2, -0.15) is 0 Å². The van der Waals surface area contributed by atoms with Gasteiger partial charge < -0.3 is 5.11 Å². The minimum Gasteiger partial charge on any atom is -0.478 e. The molecule has 0 atom stereocenters. The van der Waals surface area contributed by atoms with Crippen LogP contribution in [0.1, 0.15) is 51.9 Å². The molecule has 0 radical (unpaired) electrons. The first-order chi connectivity index (χ1) is 11.3. The Bertz CT molecular complexity index is 448. The molecule has 0 aromatic carbocycles. The van der Waals surface area contributed by atoms with E-state index in [1.807, 2.05) is 36.5 Å². The highest BCUT2D eigenvalue weighted by molar-refractivity contribution is 5.80. The zero-order chi connectivity index (χ0) is 17.0. The molecular formula is C21H30O2. The lowest BCUT2D eigenvalue weighted by molar-refractivity contribution is -0.131. The lowest BCUT2D eigenvalue weighted by Gasteiger charge is -1.97. The van der Waals surface area contributed by atoms with Crippen LogP contribution < -0.4 is 0 Å². The van der Waals surface area contributed by atoms with Gasteiger partial charge in [-0.15, -0.1) is 0 Å². The first-order valence-electron chi connectivity index (χ1n) is 8.50. The van der Waals surface area contributed by atoms with Crippen molar-refractivity contribution >= 4 is 5.97 Å². The number of allylic oxidation sites excluding steroid dienone is 11. The van der Waals surface area contributed by atoms with Crippen molar-refractivity contribution in [2.75, 3.05) is 0 Å². The Balaban J connectivity index is 3.61. The zero-order valence-electron chi connectivity index (χ0n) is 14.2. The van der Waals surface area contributed by atoms with Gasteiger partial charge in [0, 0.05) is 6.08 Å². The maximum Gasteiger partial charge on any atom is 0.328 e. The van der Waals surface area contributed by atoms with E-state index in [1.54, 1.807) is 12.2 Å². The van der Waals surface area contributed by atoms with Crippen LogP contribution in [0.4, 0.5) is 0 Å². The van der Waals surface area contributed by atoms with E-state index in [0.29, 0.717) is 0 Å². The van der Waals surface area contributed by atoms with Gasteiger partial charge in [-0.25, -0.2) is 4.79 Å². The lowest BCUT2D eigenvalue weighted by atomic mass is 10.1. The topological polar surface area (TPSA) is 37.3 Å². The largest absolute Gasteiger partial charge is 0.478 e. The Morgan fingerprint density at radius 3 is 1.74 bits per heavy atom. The number of carboxylic acid groups (broad SMARTS) is 1. The fraction of sp³-hybridized carbons (Fsp3) is 0.381. The van der Waals surface area contributed by atoms with Crippen molar-refractivity contribution in [2.24, 2.45) is 0 Å². The van der Waals surface area contributed by atoms with Crippen molar-refractivity contribution in [3.8, 4) is 0 Å². The van der Waals surface area contributed by atoms with Gasteiger partial charge in [0.15, 0.2) is 0 Å². The van der Waals surface area contributed by atoms with Gasteiger partial charge in [0.25, 0.3) is 0 Å². The maximum absolute atomic E-state index is 10.2. The fourth-order valence-electron chi connectivity index (χ4n) is 1.87. The molecule has 0 fully saturated rings. The number of unbranched alkanes of at least 4 members (excludes halogenated alkanes) is 6. The molecule has 0 saturated heterocycles. The highest BCUT2D eigenvalue weighted by Gasteiger charge is 1.87. The molecule has 2 heteroatoms. The van der Waals surface area contributed by atoms with Gasteiger partial charge in [-0.05, 0) is 12.8 Å². The van der Waals surface area contributed by atoms with Gasteiger partial charge in [-0.1, -0.05) is 106 Å². The molecule has 0 rings (SSSR count). The van der Waals surface area contributed by atoms with E-state index in [-0.39, 0.29) is 0 Å². The van der Waals surface area contributed by atoms with Crippen molar-refractivity contribution in [3.63, 3.8) is 0 Å². The summed E-state index contributed by atoms with van der Waals surface area (Å²) in [6, 6.07) is 0. The quantitative estimate of drug-likeness (QED) is 0.251. The summed E-state index contributed by atoms with van der Waals surface area (Å²) < 4.78 is 0. The Labute approximate surface area is 141 Å². The molecule has 0 aliphatic heterocycles. The summed E-state index contributed by atoms with van der Waals surface area (Å²) in [5, 5.41) is 8.39. The molecular weight excluding hydrogens is 284 g/mol. The van der Waals surface area contributed by atoms with Crippen LogP contribution in [-0.4, -0.2) is 11.1 Å². The van der Waals surface area contributed by atoms with Crippen molar-refractivity contribution in [1.29, 1.82) is 0 Å². The second-order valence-electron chi connectivity index (χ2n) is 5.22. The second kappa shape index (κ2) is 18.0. The molecule has 0 bridgehead atoms. The molecule has 0 spiro atoms. The van der Waals surface area contributed by atoms with Crippen LogP contribution in [0.3, 0.4) is 0 Å². The molecule has 0 unspecified atom stereocenters. The monoisotopic (exact) mass is 314 g/mol. The van der Waals surface area contributed by atoms with Gasteiger partial charge in [0.05, 0.1) is 0 Å². The standard InChI is InChI=1S/C21H30O2/c1-2-3-4-5-6-7-8-9-10-11-12-13-14-15-16-17-18-19-20-21(22)23/h9-20H,2-8H2,1H3,(H,22,23)/b10-9+,12-11+,14-13+,16-15+,18-17+,20-19+. The Kier molecular flexibility index (Phi) is 16.3. The molecule has 0 aromatic heterocycles. The van der Waals surface area contributed by atoms with Crippen LogP contribution in [-0.2, 0) is 4.79 Å². The summed E-state index contributed by atoms with van der Waals surface area (Å²) in [6.07, 6.45) is 31.3. The Morgan fingerprint density at radius 2 is 1.17 bits per heavy atom. The van der Waals surface area contributed by atoms with Gasteiger partial charge in [0.2, 0.25) is 0 Å². The van der Waals surface area contributed by atoms with E-state index in [4.69, 9.17) is 5.11 Å². The lowest BCUT2D eigenvalue weighted by Crippen LogP contribution is -1.84. The minimum atomic E-state index is -0.937. The highest BCUT2D eigenvalue weighted by atomic mass is 16.4. The molecule has 0 amide bonds. The van der Waals surface area contributed by atoms with Crippen molar-refractivity contribution in [2.45, 2.75) is 51.9 Å². The summed E-state index contributed by atoms with van der Waals surface area (Å²) in [5.41, 5.74) is 0. The number of hydrogen-bond acceptors (Lipinski definition) is 1. The molecule has 1 N–H and O–H groups in total. The fourth-order valence-corrected chi connectivity index (χ4v) is 1.87. The third-order valence-electron chi connectivity index (χ3n) is 3.10. The summed E-state index contributed by atoms with van der Waals surface area (Å²) in [5.74, 6) is -0.937. The Hall–Kier alpha value is -2.09. The predicted molar refractivity (Wildman–Crippen MR) is 100 cm³/mol. The van der Waals surface area contributed by atoms with Crippen LogP contribution in [0.15, 0.2) is 72.9 Å². The van der Waals surface area contributed by atoms with E-state index >= 15 is 0 Å². The number of hydrogen-bond donors (Lipinski definition) is 1. The number of carboxylic acids is 1. The summed E-state index contributed by atoms with van der Waals surface area (Å²) >= 11 is 0. The smallest absolute Gasteiger partial charge is 0.328 e. The average Bonchev–Trinajstić information content (AvgIpc) is 2.53. The van der Waals surface area contributed by atoms with E-state index in [9.17, 15) is 4.79 Å². The first-order valence-corrected chi connectivity index (χ1v) is 8.50. The van der Waals surface area contributed by atoms with Crippen LogP contribution in [0.25, 0.3) is 0 Å². The van der Waals surface area contributed by atoms with Crippen molar-refractivity contribution in [3.05, 3.63) is 72.9 Å². The molecule has 0 saturated carbocycles. The number of rotatable bonds is 13. The first kappa shape index (κ1) is 20.9. The number of carbonyl (C=O) groups is 1. The summed E-state index contributed by atoms with van der Waals surface area (Å²) in [7, 11) is 0. The molecule has 23 heavy (non-hydrogen) atoms. The van der Waals surface area contributed by atoms with Crippen LogP contribution in [0.5, 0.6) is 0 Å². The molecule has 0 aromatic rings. The van der Waals surface area contributed by atoms with Crippen molar-refractivity contribution in [1.82, 2.24) is 0 Å². The summed E-state index contributed by atoms with van der Waals surface area (Å²) in [4.78, 5) is 10.2. The molecule has 0 aliphatic carbocycles. The Morgan fingerprint density at radius 1 is 0.696 bits per heavy atom. The van der Waals surface area contributed by atoms with Crippen LogP contribution in [0, 0.1) is 0 Å². The number of aliphatic carboxylic acids is 1. The van der Waals surface area contributed by atoms with E-state index in [0.717, 1.165) is 12.5 Å². The van der Waals surface area contributed by atoms with E-state index < -0.39 is 5.97 Å². The van der Waals surface area contributed by atoms with E-state index in [2.05, 4.69) is 19.1 Å². The molecule has 0 aliphatic rings. The van der Waals surface area contributed by atoms with Gasteiger partial charge >= 0.3 is 5.97 Å². The normalized spacial score (nSPS) is 13.1. The molecule has 0 heterocycles.